The Balaban J connectivity index is 2.41. The van der Waals surface area contributed by atoms with E-state index in [-0.39, 0.29) is 0 Å². The van der Waals surface area contributed by atoms with Crippen LogP contribution in [0, 0.1) is 0 Å². The van der Waals surface area contributed by atoms with Crippen LogP contribution in [0.3, 0.4) is 0 Å². The predicted molar refractivity (Wildman–Crippen MR) is 59.4 cm³/mol. The Morgan fingerprint density at radius 3 is 2.57 bits per heavy atom. The fourth-order valence-electron chi connectivity index (χ4n) is 2.30. The highest BCUT2D eigenvalue weighted by Gasteiger charge is 2.08. The average Bonchev–Trinajstić information content (AvgIpc) is 2.44. The Kier molecular flexibility index (Phi) is 1.78. The van der Waals surface area contributed by atoms with Gasteiger partial charge in [0.05, 0.1) is 0 Å². The molecule has 1 heterocycles. The second-order valence-electron chi connectivity index (χ2n) is 3.86. The van der Waals surface area contributed by atoms with Crippen LogP contribution in [0.4, 0.5) is 0 Å². The number of rotatable bonds is 0. The van der Waals surface area contributed by atoms with Gasteiger partial charge in [-0.05, 0) is 34.9 Å². The molecule has 0 radical (unpaired) electrons. The standard InChI is InChI=1S/C13H13N/c1-3-10-4-2-6-12-9-14-8-7-11(5-1)13(10)12/h1-6,14H,7-9H2. The van der Waals surface area contributed by atoms with E-state index in [0.717, 1.165) is 19.5 Å². The molecule has 2 aromatic rings. The largest absolute Gasteiger partial charge is 0.312 e. The van der Waals surface area contributed by atoms with E-state index in [1.54, 1.807) is 0 Å². The van der Waals surface area contributed by atoms with Gasteiger partial charge in [0, 0.05) is 6.54 Å². The molecule has 0 saturated heterocycles. The van der Waals surface area contributed by atoms with Crippen LogP contribution in [0.1, 0.15) is 11.1 Å². The summed E-state index contributed by atoms with van der Waals surface area (Å²) >= 11 is 0. The summed E-state index contributed by atoms with van der Waals surface area (Å²) in [6.45, 7) is 2.10. The van der Waals surface area contributed by atoms with Crippen molar-refractivity contribution in [3.05, 3.63) is 47.5 Å². The van der Waals surface area contributed by atoms with E-state index >= 15 is 0 Å². The molecule has 14 heavy (non-hydrogen) atoms. The van der Waals surface area contributed by atoms with Gasteiger partial charge in [0.15, 0.2) is 0 Å². The number of nitrogens with one attached hydrogen (secondary N) is 1. The zero-order chi connectivity index (χ0) is 9.38. The van der Waals surface area contributed by atoms with E-state index in [4.69, 9.17) is 0 Å². The summed E-state index contributed by atoms with van der Waals surface area (Å²) in [6, 6.07) is 13.2. The third-order valence-electron chi connectivity index (χ3n) is 2.96. The molecule has 0 aromatic heterocycles. The molecule has 1 aliphatic rings. The van der Waals surface area contributed by atoms with Crippen molar-refractivity contribution in [1.29, 1.82) is 0 Å². The molecule has 0 spiro atoms. The van der Waals surface area contributed by atoms with Crippen LogP contribution in [0.2, 0.25) is 0 Å². The first-order valence-corrected chi connectivity index (χ1v) is 5.15. The van der Waals surface area contributed by atoms with E-state index in [1.165, 1.54) is 21.9 Å². The summed E-state index contributed by atoms with van der Waals surface area (Å²) < 4.78 is 0. The summed E-state index contributed by atoms with van der Waals surface area (Å²) in [5.74, 6) is 0. The lowest BCUT2D eigenvalue weighted by Gasteiger charge is -2.06. The van der Waals surface area contributed by atoms with Gasteiger partial charge in [-0.1, -0.05) is 36.4 Å². The van der Waals surface area contributed by atoms with Crippen LogP contribution in [-0.4, -0.2) is 6.54 Å². The normalized spacial score (nSPS) is 15.4. The summed E-state index contributed by atoms with van der Waals surface area (Å²) in [5, 5.41) is 6.30. The summed E-state index contributed by atoms with van der Waals surface area (Å²) in [5.41, 5.74) is 2.93. The maximum Gasteiger partial charge on any atom is 0.0211 e. The quantitative estimate of drug-likeness (QED) is 0.661. The third kappa shape index (κ3) is 1.13. The molecule has 0 bridgehead atoms. The lowest BCUT2D eigenvalue weighted by molar-refractivity contribution is 0.703. The van der Waals surface area contributed by atoms with Gasteiger partial charge in [0.2, 0.25) is 0 Å². The minimum atomic E-state index is 1.01. The smallest absolute Gasteiger partial charge is 0.0211 e. The first-order valence-electron chi connectivity index (χ1n) is 5.15. The highest BCUT2D eigenvalue weighted by molar-refractivity contribution is 5.89. The highest BCUT2D eigenvalue weighted by Crippen LogP contribution is 2.24. The molecule has 3 rings (SSSR count). The maximum atomic E-state index is 3.45. The van der Waals surface area contributed by atoms with Crippen LogP contribution in [-0.2, 0) is 13.0 Å². The lowest BCUT2D eigenvalue weighted by Crippen LogP contribution is -2.13. The SMILES string of the molecule is c1cc2c3c(cccc3c1)CNCC2. The number of hydrogen-bond donors (Lipinski definition) is 1. The topological polar surface area (TPSA) is 12.0 Å². The molecule has 1 N–H and O–H groups in total. The van der Waals surface area contributed by atoms with E-state index in [1.807, 2.05) is 0 Å². The van der Waals surface area contributed by atoms with Crippen molar-refractivity contribution >= 4 is 10.8 Å². The number of hydrogen-bond acceptors (Lipinski definition) is 1. The molecule has 0 aliphatic carbocycles. The zero-order valence-electron chi connectivity index (χ0n) is 8.09. The molecule has 0 amide bonds. The van der Waals surface area contributed by atoms with Gasteiger partial charge in [0.1, 0.15) is 0 Å². The van der Waals surface area contributed by atoms with Crippen LogP contribution in [0.15, 0.2) is 36.4 Å². The number of benzene rings is 2. The monoisotopic (exact) mass is 183 g/mol. The minimum absolute atomic E-state index is 1.01. The van der Waals surface area contributed by atoms with Gasteiger partial charge >= 0.3 is 0 Å². The molecule has 1 aliphatic heterocycles. The first-order chi connectivity index (χ1) is 6.95. The van der Waals surface area contributed by atoms with E-state index in [2.05, 4.69) is 41.7 Å². The Hall–Kier alpha value is -1.34. The second-order valence-corrected chi connectivity index (χ2v) is 3.86. The van der Waals surface area contributed by atoms with Crippen molar-refractivity contribution in [2.45, 2.75) is 13.0 Å². The van der Waals surface area contributed by atoms with E-state index < -0.39 is 0 Å². The van der Waals surface area contributed by atoms with Crippen molar-refractivity contribution in [2.24, 2.45) is 0 Å². The molecular formula is C13H13N. The summed E-state index contributed by atoms with van der Waals surface area (Å²) in [4.78, 5) is 0. The molecule has 0 saturated carbocycles. The van der Waals surface area contributed by atoms with Crippen molar-refractivity contribution in [3.8, 4) is 0 Å². The molecule has 0 unspecified atom stereocenters. The van der Waals surface area contributed by atoms with Gasteiger partial charge in [0.25, 0.3) is 0 Å². The fourth-order valence-corrected chi connectivity index (χ4v) is 2.30. The van der Waals surface area contributed by atoms with Gasteiger partial charge in [-0.3, -0.25) is 0 Å². The highest BCUT2D eigenvalue weighted by atomic mass is 14.8. The van der Waals surface area contributed by atoms with E-state index in [0.29, 0.717) is 0 Å². The minimum Gasteiger partial charge on any atom is -0.312 e. The Morgan fingerprint density at radius 2 is 1.71 bits per heavy atom. The maximum absolute atomic E-state index is 3.45. The molecule has 0 atom stereocenters. The van der Waals surface area contributed by atoms with Gasteiger partial charge in [-0.15, -0.1) is 0 Å². The molecule has 0 fully saturated rings. The third-order valence-corrected chi connectivity index (χ3v) is 2.96. The summed E-state index contributed by atoms with van der Waals surface area (Å²) in [7, 11) is 0. The van der Waals surface area contributed by atoms with Crippen molar-refractivity contribution in [2.75, 3.05) is 6.54 Å². The molecule has 1 nitrogen and oxygen atoms in total. The van der Waals surface area contributed by atoms with Crippen molar-refractivity contribution in [1.82, 2.24) is 5.32 Å². The second kappa shape index (κ2) is 3.10. The van der Waals surface area contributed by atoms with Crippen molar-refractivity contribution in [3.63, 3.8) is 0 Å². The predicted octanol–water partition coefficient (Wildman–Crippen LogP) is 2.49. The van der Waals surface area contributed by atoms with Gasteiger partial charge < -0.3 is 5.32 Å². The molecular weight excluding hydrogens is 170 g/mol. The lowest BCUT2D eigenvalue weighted by atomic mass is 9.99. The van der Waals surface area contributed by atoms with Crippen LogP contribution >= 0.6 is 0 Å². The van der Waals surface area contributed by atoms with Crippen molar-refractivity contribution < 1.29 is 0 Å². The summed E-state index contributed by atoms with van der Waals surface area (Å²) in [6.07, 6.45) is 1.15. The van der Waals surface area contributed by atoms with Crippen LogP contribution in [0.5, 0.6) is 0 Å². The zero-order valence-corrected chi connectivity index (χ0v) is 8.09. The molecule has 2 aromatic carbocycles. The van der Waals surface area contributed by atoms with E-state index in [9.17, 15) is 0 Å². The molecule has 70 valence electrons. The van der Waals surface area contributed by atoms with Gasteiger partial charge in [-0.2, -0.15) is 0 Å². The Morgan fingerprint density at radius 1 is 0.929 bits per heavy atom. The Labute approximate surface area is 83.8 Å². The average molecular weight is 183 g/mol. The van der Waals surface area contributed by atoms with Crippen LogP contribution < -0.4 is 5.32 Å². The Bertz CT molecular complexity index is 433. The van der Waals surface area contributed by atoms with Crippen LogP contribution in [0.25, 0.3) is 10.8 Å². The molecule has 1 heteroatoms. The fraction of sp³-hybridized carbons (Fsp3) is 0.231. The first kappa shape index (κ1) is 8.01. The van der Waals surface area contributed by atoms with Gasteiger partial charge in [-0.25, -0.2) is 0 Å².